The predicted molar refractivity (Wildman–Crippen MR) is 98.9 cm³/mol. The van der Waals surface area contributed by atoms with E-state index in [2.05, 4.69) is 0 Å². The van der Waals surface area contributed by atoms with Crippen LogP contribution in [-0.2, 0) is 27.3 Å². The minimum absolute atomic E-state index is 0.175. The second-order valence-electron chi connectivity index (χ2n) is 7.29. The largest absolute Gasteiger partial charge is 0.459 e. The number of nitrogens with zero attached hydrogens (tertiary/aromatic N) is 1. The van der Waals surface area contributed by atoms with Crippen LogP contribution < -0.4 is 4.90 Å². The summed E-state index contributed by atoms with van der Waals surface area (Å²) in [7, 11) is 0. The van der Waals surface area contributed by atoms with Crippen LogP contribution in [0.25, 0.3) is 0 Å². The summed E-state index contributed by atoms with van der Waals surface area (Å²) in [5, 5.41) is 0. The van der Waals surface area contributed by atoms with Crippen LogP contribution >= 0.6 is 0 Å². The van der Waals surface area contributed by atoms with E-state index in [0.717, 1.165) is 11.1 Å². The van der Waals surface area contributed by atoms with Gasteiger partial charge in [-0.1, -0.05) is 48.5 Å². The van der Waals surface area contributed by atoms with Gasteiger partial charge in [0.05, 0.1) is 5.69 Å². The maximum atomic E-state index is 12.7. The maximum Gasteiger partial charge on any atom is 0.415 e. The van der Waals surface area contributed by atoms with Crippen LogP contribution in [-0.4, -0.2) is 23.7 Å². The van der Waals surface area contributed by atoms with Crippen LogP contribution in [0.1, 0.15) is 31.9 Å². The molecule has 1 aliphatic rings. The van der Waals surface area contributed by atoms with Crippen molar-refractivity contribution in [3.63, 3.8) is 0 Å². The van der Waals surface area contributed by atoms with Gasteiger partial charge in [0.15, 0.2) is 0 Å². The van der Waals surface area contributed by atoms with E-state index >= 15 is 0 Å². The molecule has 1 amide bonds. The molecule has 0 bridgehead atoms. The summed E-state index contributed by atoms with van der Waals surface area (Å²) in [5.41, 5.74) is 1.89. The Morgan fingerprint density at radius 2 is 1.69 bits per heavy atom. The van der Waals surface area contributed by atoms with Gasteiger partial charge in [-0.25, -0.2) is 9.59 Å². The zero-order valence-corrected chi connectivity index (χ0v) is 15.3. The van der Waals surface area contributed by atoms with Crippen LogP contribution in [0.4, 0.5) is 10.5 Å². The molecule has 0 N–H and O–H groups in total. The Labute approximate surface area is 153 Å². The number of carbonyl (C=O) groups is 2. The third-order valence-electron chi connectivity index (χ3n) is 4.06. The third-order valence-corrected chi connectivity index (χ3v) is 4.06. The molecule has 0 aliphatic carbocycles. The smallest absolute Gasteiger partial charge is 0.415 e. The van der Waals surface area contributed by atoms with E-state index in [9.17, 15) is 9.59 Å². The number of amides is 1. The SMILES string of the molecule is CC(C)(C)OC(=O)N1c2ccccc2C[C@H]1C(=O)OCc1ccccc1. The zero-order valence-electron chi connectivity index (χ0n) is 15.3. The van der Waals surface area contributed by atoms with E-state index in [-0.39, 0.29) is 6.61 Å². The molecule has 0 fully saturated rings. The van der Waals surface area contributed by atoms with Crippen molar-refractivity contribution in [1.82, 2.24) is 0 Å². The van der Waals surface area contributed by atoms with Gasteiger partial charge in [0.1, 0.15) is 18.2 Å². The lowest BCUT2D eigenvalue weighted by atomic mass is 10.1. The zero-order chi connectivity index (χ0) is 18.7. The highest BCUT2D eigenvalue weighted by molar-refractivity contribution is 5.99. The number of para-hydroxylation sites is 1. The molecule has 0 saturated heterocycles. The number of ether oxygens (including phenoxy) is 2. The number of hydrogen-bond acceptors (Lipinski definition) is 4. The lowest BCUT2D eigenvalue weighted by Crippen LogP contribution is -2.46. The first kappa shape index (κ1) is 18.0. The van der Waals surface area contributed by atoms with Crippen LogP contribution in [0.3, 0.4) is 0 Å². The number of benzene rings is 2. The molecule has 5 nitrogen and oxygen atoms in total. The Morgan fingerprint density at radius 1 is 1.04 bits per heavy atom. The van der Waals surface area contributed by atoms with E-state index in [4.69, 9.17) is 9.47 Å². The van der Waals surface area contributed by atoms with Gasteiger partial charge in [0.25, 0.3) is 0 Å². The summed E-state index contributed by atoms with van der Waals surface area (Å²) in [5.74, 6) is -0.434. The first-order chi connectivity index (χ1) is 12.3. The highest BCUT2D eigenvalue weighted by atomic mass is 16.6. The van der Waals surface area contributed by atoms with Crippen LogP contribution in [0, 0.1) is 0 Å². The molecule has 1 heterocycles. The summed E-state index contributed by atoms with van der Waals surface area (Å²) >= 11 is 0. The van der Waals surface area contributed by atoms with Crippen molar-refractivity contribution < 1.29 is 19.1 Å². The van der Waals surface area contributed by atoms with Gasteiger partial charge in [-0.15, -0.1) is 0 Å². The Bertz CT molecular complexity index is 795. The lowest BCUT2D eigenvalue weighted by Gasteiger charge is -2.28. The van der Waals surface area contributed by atoms with Crippen molar-refractivity contribution in [2.24, 2.45) is 0 Å². The van der Waals surface area contributed by atoms with Crippen molar-refractivity contribution in [3.05, 3.63) is 65.7 Å². The first-order valence-corrected chi connectivity index (χ1v) is 8.66. The predicted octanol–water partition coefficient (Wildman–Crippen LogP) is 4.10. The highest BCUT2D eigenvalue weighted by Crippen LogP contribution is 2.34. The monoisotopic (exact) mass is 353 g/mol. The van der Waals surface area contributed by atoms with Crippen molar-refractivity contribution >= 4 is 17.7 Å². The average Bonchev–Trinajstić information content (AvgIpc) is 2.99. The number of rotatable bonds is 3. The van der Waals surface area contributed by atoms with E-state index < -0.39 is 23.7 Å². The Kier molecular flexibility index (Phi) is 4.98. The quantitative estimate of drug-likeness (QED) is 0.780. The number of hydrogen-bond donors (Lipinski definition) is 0. The molecule has 26 heavy (non-hydrogen) atoms. The van der Waals surface area contributed by atoms with Gasteiger partial charge >= 0.3 is 12.1 Å². The molecule has 136 valence electrons. The van der Waals surface area contributed by atoms with Crippen molar-refractivity contribution in [1.29, 1.82) is 0 Å². The molecule has 2 aromatic rings. The van der Waals surface area contributed by atoms with Crippen molar-refractivity contribution in [2.45, 2.75) is 45.4 Å². The van der Waals surface area contributed by atoms with Gasteiger partial charge in [-0.05, 0) is 38.0 Å². The Morgan fingerprint density at radius 3 is 2.38 bits per heavy atom. The molecule has 1 atom stereocenters. The molecule has 0 saturated carbocycles. The lowest BCUT2D eigenvalue weighted by molar-refractivity contribution is -0.146. The maximum absolute atomic E-state index is 12.7. The summed E-state index contributed by atoms with van der Waals surface area (Å²) in [6.45, 7) is 5.58. The minimum atomic E-state index is -0.717. The second-order valence-corrected chi connectivity index (χ2v) is 7.29. The summed E-state index contributed by atoms with van der Waals surface area (Å²) in [6, 6.07) is 16.2. The molecule has 3 rings (SSSR count). The third kappa shape index (κ3) is 4.04. The minimum Gasteiger partial charge on any atom is -0.459 e. The van der Waals surface area contributed by atoms with E-state index in [0.29, 0.717) is 12.1 Å². The van der Waals surface area contributed by atoms with E-state index in [1.807, 2.05) is 54.6 Å². The second kappa shape index (κ2) is 7.20. The molecular weight excluding hydrogens is 330 g/mol. The van der Waals surface area contributed by atoms with E-state index in [1.165, 1.54) is 4.90 Å². The number of carbonyl (C=O) groups excluding carboxylic acids is 2. The Hall–Kier alpha value is -2.82. The summed E-state index contributed by atoms with van der Waals surface area (Å²) in [6.07, 6.45) is -0.118. The van der Waals surface area contributed by atoms with Gasteiger partial charge in [0.2, 0.25) is 0 Å². The average molecular weight is 353 g/mol. The molecular formula is C21H23NO4. The van der Waals surface area contributed by atoms with Crippen LogP contribution in [0.5, 0.6) is 0 Å². The first-order valence-electron chi connectivity index (χ1n) is 8.66. The fourth-order valence-electron chi connectivity index (χ4n) is 2.94. The fourth-order valence-corrected chi connectivity index (χ4v) is 2.94. The van der Waals surface area contributed by atoms with Gasteiger partial charge in [0, 0.05) is 6.42 Å². The van der Waals surface area contributed by atoms with Gasteiger partial charge in [-0.2, -0.15) is 0 Å². The fraction of sp³-hybridized carbons (Fsp3) is 0.333. The number of esters is 1. The number of anilines is 1. The van der Waals surface area contributed by atoms with Gasteiger partial charge < -0.3 is 9.47 Å². The molecule has 5 heteroatoms. The Balaban J connectivity index is 1.78. The highest BCUT2D eigenvalue weighted by Gasteiger charge is 2.41. The molecule has 1 aliphatic heterocycles. The molecule has 0 spiro atoms. The number of fused-ring (bicyclic) bond motifs is 1. The molecule has 0 aromatic heterocycles. The van der Waals surface area contributed by atoms with Gasteiger partial charge in [-0.3, -0.25) is 4.90 Å². The topological polar surface area (TPSA) is 55.8 Å². The summed E-state index contributed by atoms with van der Waals surface area (Å²) < 4.78 is 11.0. The van der Waals surface area contributed by atoms with Crippen molar-refractivity contribution in [3.8, 4) is 0 Å². The van der Waals surface area contributed by atoms with Crippen molar-refractivity contribution in [2.75, 3.05) is 4.90 Å². The molecule has 2 aromatic carbocycles. The van der Waals surface area contributed by atoms with Crippen LogP contribution in [0.15, 0.2) is 54.6 Å². The molecule has 0 unspecified atom stereocenters. The van der Waals surface area contributed by atoms with Crippen LogP contribution in [0.2, 0.25) is 0 Å². The standard InChI is InChI=1S/C21H23NO4/c1-21(2,3)26-20(24)22-17-12-8-7-11-16(17)13-18(22)19(23)25-14-15-9-5-4-6-10-15/h4-12,18H,13-14H2,1-3H3/t18-/m0/s1. The normalized spacial score (nSPS) is 16.1. The summed E-state index contributed by atoms with van der Waals surface area (Å²) in [4.78, 5) is 26.8. The van der Waals surface area contributed by atoms with E-state index in [1.54, 1.807) is 20.8 Å². The molecule has 0 radical (unpaired) electrons.